The summed E-state index contributed by atoms with van der Waals surface area (Å²) in [4.78, 5) is 4.77. The first-order valence-electron chi connectivity index (χ1n) is 9.71. The highest BCUT2D eigenvalue weighted by Gasteiger charge is 2.12. The van der Waals surface area contributed by atoms with E-state index >= 15 is 0 Å². The number of benzene rings is 2. The van der Waals surface area contributed by atoms with Gasteiger partial charge in [-0.1, -0.05) is 47.7 Å². The van der Waals surface area contributed by atoms with Gasteiger partial charge in [0.2, 0.25) is 0 Å². The Morgan fingerprint density at radius 3 is 2.43 bits per heavy atom. The Balaban J connectivity index is 1.37. The van der Waals surface area contributed by atoms with Gasteiger partial charge >= 0.3 is 0 Å². The van der Waals surface area contributed by atoms with Crippen LogP contribution in [0, 0.1) is 20.8 Å². The van der Waals surface area contributed by atoms with Gasteiger partial charge in [-0.3, -0.25) is 0 Å². The second-order valence-corrected chi connectivity index (χ2v) is 9.17. The summed E-state index contributed by atoms with van der Waals surface area (Å²) in [7, 11) is 1.97. The van der Waals surface area contributed by atoms with E-state index in [1.54, 1.807) is 23.1 Å². The summed E-state index contributed by atoms with van der Waals surface area (Å²) in [5.41, 5.74) is 5.84. The van der Waals surface area contributed by atoms with Crippen LogP contribution in [0.15, 0.2) is 53.0 Å². The molecule has 154 valence electrons. The number of aryl methyl sites for hydroxylation is 3. The zero-order valence-electron chi connectivity index (χ0n) is 17.5. The largest absolute Gasteiger partial charge is 0.486 e. The Morgan fingerprint density at radius 2 is 1.70 bits per heavy atom. The standard InChI is InChI=1S/C23H24N4OS2/c1-15-5-7-18(8-6-15)22-24-19(13-29-22)14-30-23-26-25-21(27(23)4)12-28-20-10-16(2)9-17(3)11-20/h5-11,13H,12,14H2,1-4H3. The van der Waals surface area contributed by atoms with Crippen molar-refractivity contribution >= 4 is 23.1 Å². The summed E-state index contributed by atoms with van der Waals surface area (Å²) >= 11 is 3.31. The molecule has 0 saturated carbocycles. The molecule has 0 atom stereocenters. The van der Waals surface area contributed by atoms with E-state index < -0.39 is 0 Å². The normalized spacial score (nSPS) is 11.1. The Morgan fingerprint density at radius 1 is 0.967 bits per heavy atom. The molecule has 0 aliphatic carbocycles. The van der Waals surface area contributed by atoms with Gasteiger partial charge in [-0.2, -0.15) is 0 Å². The molecule has 4 aromatic rings. The smallest absolute Gasteiger partial charge is 0.191 e. The van der Waals surface area contributed by atoms with E-state index in [1.807, 2.05) is 23.7 Å². The summed E-state index contributed by atoms with van der Waals surface area (Å²) in [6.45, 7) is 6.62. The van der Waals surface area contributed by atoms with Crippen molar-refractivity contribution in [3.63, 3.8) is 0 Å². The highest BCUT2D eigenvalue weighted by Crippen LogP contribution is 2.28. The molecule has 0 aliphatic heterocycles. The molecular weight excluding hydrogens is 412 g/mol. The predicted molar refractivity (Wildman–Crippen MR) is 123 cm³/mol. The van der Waals surface area contributed by atoms with E-state index in [0.717, 1.165) is 38.7 Å². The summed E-state index contributed by atoms with van der Waals surface area (Å²) in [6, 6.07) is 14.7. The van der Waals surface area contributed by atoms with Gasteiger partial charge < -0.3 is 9.30 Å². The third-order valence-corrected chi connectivity index (χ3v) is 6.68. The van der Waals surface area contributed by atoms with E-state index in [2.05, 4.69) is 66.7 Å². The number of nitrogens with zero attached hydrogens (tertiary/aromatic N) is 4. The minimum absolute atomic E-state index is 0.390. The lowest BCUT2D eigenvalue weighted by Crippen LogP contribution is -2.04. The molecule has 0 aliphatic rings. The van der Waals surface area contributed by atoms with Crippen molar-refractivity contribution in [3.05, 3.63) is 76.1 Å². The van der Waals surface area contributed by atoms with Crippen molar-refractivity contribution in [2.24, 2.45) is 7.05 Å². The van der Waals surface area contributed by atoms with Crippen LogP contribution in [0.25, 0.3) is 10.6 Å². The molecule has 0 saturated heterocycles. The van der Waals surface area contributed by atoms with Crippen LogP contribution in [0.5, 0.6) is 5.75 Å². The lowest BCUT2D eigenvalue weighted by molar-refractivity contribution is 0.290. The monoisotopic (exact) mass is 436 g/mol. The summed E-state index contributed by atoms with van der Waals surface area (Å²) in [5, 5.41) is 12.6. The summed E-state index contributed by atoms with van der Waals surface area (Å²) in [6.07, 6.45) is 0. The SMILES string of the molecule is Cc1ccc(-c2nc(CSc3nnc(COc4cc(C)cc(C)c4)n3C)cs2)cc1. The molecule has 5 nitrogen and oxygen atoms in total. The Hall–Kier alpha value is -2.64. The Kier molecular flexibility index (Phi) is 6.20. The lowest BCUT2D eigenvalue weighted by Gasteiger charge is -2.08. The van der Waals surface area contributed by atoms with E-state index in [9.17, 15) is 0 Å². The summed E-state index contributed by atoms with van der Waals surface area (Å²) < 4.78 is 7.91. The second kappa shape index (κ2) is 9.02. The van der Waals surface area contributed by atoms with Gasteiger partial charge in [0.15, 0.2) is 11.0 Å². The second-order valence-electron chi connectivity index (χ2n) is 7.37. The first kappa shape index (κ1) is 20.6. The molecule has 30 heavy (non-hydrogen) atoms. The molecule has 4 rings (SSSR count). The molecule has 0 spiro atoms. The number of aromatic nitrogens is 4. The molecular formula is C23H24N4OS2. The molecule has 0 amide bonds. The maximum absolute atomic E-state index is 5.93. The van der Waals surface area contributed by atoms with Gasteiger partial charge in [-0.25, -0.2) is 4.98 Å². The van der Waals surface area contributed by atoms with Gasteiger partial charge in [-0.15, -0.1) is 21.5 Å². The minimum atomic E-state index is 0.390. The van der Waals surface area contributed by atoms with Gasteiger partial charge in [0.1, 0.15) is 17.4 Å². The third kappa shape index (κ3) is 4.91. The maximum Gasteiger partial charge on any atom is 0.191 e. The fourth-order valence-electron chi connectivity index (χ4n) is 3.10. The van der Waals surface area contributed by atoms with Crippen LogP contribution in [-0.2, 0) is 19.4 Å². The molecule has 7 heteroatoms. The number of hydrogen-bond acceptors (Lipinski definition) is 6. The van der Waals surface area contributed by atoms with Crippen molar-refractivity contribution in [3.8, 4) is 16.3 Å². The minimum Gasteiger partial charge on any atom is -0.486 e. The predicted octanol–water partition coefficient (Wildman–Crippen LogP) is 5.74. The van der Waals surface area contributed by atoms with E-state index in [4.69, 9.17) is 9.72 Å². The third-order valence-electron chi connectivity index (χ3n) is 4.69. The number of thiazole rings is 1. The van der Waals surface area contributed by atoms with Gasteiger partial charge in [-0.05, 0) is 44.0 Å². The first-order chi connectivity index (χ1) is 14.5. The number of thioether (sulfide) groups is 1. The fraction of sp³-hybridized carbons (Fsp3) is 0.261. The van der Waals surface area contributed by atoms with Gasteiger partial charge in [0.05, 0.1) is 5.69 Å². The molecule has 2 aromatic heterocycles. The van der Waals surface area contributed by atoms with Gasteiger partial charge in [0, 0.05) is 23.7 Å². The number of rotatable bonds is 7. The molecule has 0 unspecified atom stereocenters. The van der Waals surface area contributed by atoms with Crippen molar-refractivity contribution in [2.45, 2.75) is 38.3 Å². The van der Waals surface area contributed by atoms with Crippen molar-refractivity contribution in [1.82, 2.24) is 19.7 Å². The average molecular weight is 437 g/mol. The fourth-order valence-corrected chi connectivity index (χ4v) is 4.85. The highest BCUT2D eigenvalue weighted by atomic mass is 32.2. The zero-order chi connectivity index (χ0) is 21.1. The topological polar surface area (TPSA) is 52.8 Å². The van der Waals surface area contributed by atoms with Crippen LogP contribution in [0.1, 0.15) is 28.2 Å². The van der Waals surface area contributed by atoms with Crippen LogP contribution >= 0.6 is 23.1 Å². The molecule has 2 aromatic carbocycles. The molecule has 0 radical (unpaired) electrons. The first-order valence-corrected chi connectivity index (χ1v) is 11.6. The van der Waals surface area contributed by atoms with Crippen LogP contribution in [0.2, 0.25) is 0 Å². The van der Waals surface area contributed by atoms with Gasteiger partial charge in [0.25, 0.3) is 0 Å². The quantitative estimate of drug-likeness (QED) is 0.346. The van der Waals surface area contributed by atoms with Crippen molar-refractivity contribution in [2.75, 3.05) is 0 Å². The average Bonchev–Trinajstić information content (AvgIpc) is 3.31. The number of ether oxygens (including phenoxy) is 1. The molecule has 0 fully saturated rings. The van der Waals surface area contributed by atoms with Crippen LogP contribution in [0.3, 0.4) is 0 Å². The summed E-state index contributed by atoms with van der Waals surface area (Å²) in [5.74, 6) is 2.41. The van der Waals surface area contributed by atoms with E-state index in [1.165, 1.54) is 16.7 Å². The molecule has 0 bridgehead atoms. The van der Waals surface area contributed by atoms with Crippen LogP contribution in [-0.4, -0.2) is 19.7 Å². The van der Waals surface area contributed by atoms with Crippen molar-refractivity contribution < 1.29 is 4.74 Å². The van der Waals surface area contributed by atoms with E-state index in [-0.39, 0.29) is 0 Å². The van der Waals surface area contributed by atoms with Crippen LogP contribution < -0.4 is 4.74 Å². The Labute approximate surface area is 185 Å². The molecule has 2 heterocycles. The van der Waals surface area contributed by atoms with Crippen LogP contribution in [0.4, 0.5) is 0 Å². The van der Waals surface area contributed by atoms with Crippen molar-refractivity contribution in [1.29, 1.82) is 0 Å². The highest BCUT2D eigenvalue weighted by molar-refractivity contribution is 7.98. The Bertz CT molecular complexity index is 1130. The maximum atomic E-state index is 5.93. The number of hydrogen-bond donors (Lipinski definition) is 0. The lowest BCUT2D eigenvalue weighted by atomic mass is 10.1. The van der Waals surface area contributed by atoms with E-state index in [0.29, 0.717) is 6.61 Å². The molecule has 0 N–H and O–H groups in total. The zero-order valence-corrected chi connectivity index (χ0v) is 19.2.